The van der Waals surface area contributed by atoms with Crippen LogP contribution in [0.1, 0.15) is 13.8 Å². The number of hydrogen-bond donors (Lipinski definition) is 2. The maximum absolute atomic E-state index is 11.3. The minimum Gasteiger partial charge on any atom is -0.398 e. The summed E-state index contributed by atoms with van der Waals surface area (Å²) in [6.45, 7) is 2.32. The van der Waals surface area contributed by atoms with Crippen LogP contribution in [0.3, 0.4) is 0 Å². The molecule has 98 valence electrons. The number of carbonyl (C=O) groups is 2. The Balaban J connectivity index is 3.45. The standard InChI is InChI=1S/C10H12N2O5S/c1-6(13)12(7(2)14)8-3-4-9(11)10(5-8)18(15,16)17/h3-5H,11H2,1-2H3,(H,15,16,17). The van der Waals surface area contributed by atoms with Crippen molar-refractivity contribution in [1.82, 2.24) is 0 Å². The SMILES string of the molecule is CC(=O)N(C(C)=O)c1ccc(N)c(S(=O)(=O)O)c1. The lowest BCUT2D eigenvalue weighted by molar-refractivity contribution is -0.124. The zero-order valence-corrected chi connectivity index (χ0v) is 10.6. The number of rotatable bonds is 2. The van der Waals surface area contributed by atoms with Crippen LogP contribution in [-0.2, 0) is 19.7 Å². The first-order valence-electron chi connectivity index (χ1n) is 4.83. The van der Waals surface area contributed by atoms with Gasteiger partial charge in [-0.2, -0.15) is 8.42 Å². The van der Waals surface area contributed by atoms with Crippen molar-refractivity contribution in [2.24, 2.45) is 0 Å². The molecule has 0 spiro atoms. The van der Waals surface area contributed by atoms with Gasteiger partial charge in [0, 0.05) is 13.8 Å². The van der Waals surface area contributed by atoms with Crippen LogP contribution < -0.4 is 10.6 Å². The molecule has 0 radical (unpaired) electrons. The van der Waals surface area contributed by atoms with Crippen LogP contribution in [0.2, 0.25) is 0 Å². The fraction of sp³-hybridized carbons (Fsp3) is 0.200. The number of nitrogens with two attached hydrogens (primary N) is 1. The summed E-state index contributed by atoms with van der Waals surface area (Å²) >= 11 is 0. The number of imide groups is 1. The highest BCUT2D eigenvalue weighted by atomic mass is 32.2. The van der Waals surface area contributed by atoms with E-state index in [0.29, 0.717) is 0 Å². The van der Waals surface area contributed by atoms with Crippen LogP contribution in [0.4, 0.5) is 11.4 Å². The molecular weight excluding hydrogens is 260 g/mol. The highest BCUT2D eigenvalue weighted by Crippen LogP contribution is 2.25. The lowest BCUT2D eigenvalue weighted by Crippen LogP contribution is -2.33. The summed E-state index contributed by atoms with van der Waals surface area (Å²) in [4.78, 5) is 22.8. The van der Waals surface area contributed by atoms with E-state index in [4.69, 9.17) is 10.3 Å². The maximum Gasteiger partial charge on any atom is 0.296 e. The average Bonchev–Trinajstić information content (AvgIpc) is 2.17. The smallest absolute Gasteiger partial charge is 0.296 e. The number of hydrogen-bond acceptors (Lipinski definition) is 5. The van der Waals surface area contributed by atoms with Crippen molar-refractivity contribution < 1.29 is 22.6 Å². The Kier molecular flexibility index (Phi) is 3.73. The number of amides is 2. The summed E-state index contributed by atoms with van der Waals surface area (Å²) in [6.07, 6.45) is 0. The zero-order chi connectivity index (χ0) is 14.1. The van der Waals surface area contributed by atoms with Crippen molar-refractivity contribution >= 4 is 33.3 Å². The van der Waals surface area contributed by atoms with E-state index in [2.05, 4.69) is 0 Å². The normalized spacial score (nSPS) is 11.1. The van der Waals surface area contributed by atoms with E-state index in [9.17, 15) is 18.0 Å². The van der Waals surface area contributed by atoms with E-state index in [-0.39, 0.29) is 11.4 Å². The van der Waals surface area contributed by atoms with Crippen LogP contribution >= 0.6 is 0 Å². The second kappa shape index (κ2) is 4.75. The van der Waals surface area contributed by atoms with Gasteiger partial charge in [-0.3, -0.25) is 19.0 Å². The molecule has 1 aromatic carbocycles. The lowest BCUT2D eigenvalue weighted by atomic mass is 10.2. The summed E-state index contributed by atoms with van der Waals surface area (Å²) in [5.41, 5.74) is 5.25. The third-order valence-corrected chi connectivity index (χ3v) is 3.07. The van der Waals surface area contributed by atoms with Gasteiger partial charge in [0.05, 0.1) is 11.4 Å². The molecule has 18 heavy (non-hydrogen) atoms. The molecule has 0 saturated heterocycles. The fourth-order valence-electron chi connectivity index (χ4n) is 1.47. The molecule has 0 saturated carbocycles. The first kappa shape index (κ1) is 14.1. The predicted molar refractivity (Wildman–Crippen MR) is 64.5 cm³/mol. The zero-order valence-electron chi connectivity index (χ0n) is 9.75. The van der Waals surface area contributed by atoms with Gasteiger partial charge in [0.15, 0.2) is 0 Å². The highest BCUT2D eigenvalue weighted by molar-refractivity contribution is 7.86. The molecular formula is C10H12N2O5S. The van der Waals surface area contributed by atoms with Crippen molar-refractivity contribution in [1.29, 1.82) is 0 Å². The summed E-state index contributed by atoms with van der Waals surface area (Å²) in [5, 5.41) is 0. The summed E-state index contributed by atoms with van der Waals surface area (Å²) in [6, 6.07) is 3.47. The molecule has 1 rings (SSSR count). The van der Waals surface area contributed by atoms with E-state index in [1.54, 1.807) is 0 Å². The maximum atomic E-state index is 11.3. The topological polar surface area (TPSA) is 118 Å². The number of nitrogens with zero attached hydrogens (tertiary/aromatic N) is 1. The van der Waals surface area contributed by atoms with E-state index in [0.717, 1.165) is 24.8 Å². The van der Waals surface area contributed by atoms with Gasteiger partial charge in [-0.1, -0.05) is 0 Å². The number of nitrogen functional groups attached to an aromatic ring is 1. The average molecular weight is 272 g/mol. The van der Waals surface area contributed by atoms with Crippen LogP contribution in [-0.4, -0.2) is 24.8 Å². The highest BCUT2D eigenvalue weighted by Gasteiger charge is 2.20. The largest absolute Gasteiger partial charge is 0.398 e. The van der Waals surface area contributed by atoms with Crippen LogP contribution in [0.25, 0.3) is 0 Å². The Labute approximate surface area is 104 Å². The van der Waals surface area contributed by atoms with Gasteiger partial charge in [0.25, 0.3) is 10.1 Å². The van der Waals surface area contributed by atoms with E-state index in [1.165, 1.54) is 12.1 Å². The first-order chi connectivity index (χ1) is 8.14. The van der Waals surface area contributed by atoms with E-state index in [1.807, 2.05) is 0 Å². The first-order valence-corrected chi connectivity index (χ1v) is 6.27. The Bertz CT molecular complexity index is 595. The number of carbonyl (C=O) groups excluding carboxylic acids is 2. The van der Waals surface area contributed by atoms with Crippen LogP contribution in [0.5, 0.6) is 0 Å². The van der Waals surface area contributed by atoms with Crippen molar-refractivity contribution in [3.8, 4) is 0 Å². The van der Waals surface area contributed by atoms with Crippen LogP contribution in [0, 0.1) is 0 Å². The van der Waals surface area contributed by atoms with Gasteiger partial charge in [0.2, 0.25) is 11.8 Å². The molecule has 1 aromatic rings. The van der Waals surface area contributed by atoms with Crippen LogP contribution in [0.15, 0.2) is 23.1 Å². The molecule has 0 aliphatic heterocycles. The van der Waals surface area contributed by atoms with Gasteiger partial charge >= 0.3 is 0 Å². The fourth-order valence-corrected chi connectivity index (χ4v) is 2.11. The molecule has 2 amide bonds. The summed E-state index contributed by atoms with van der Waals surface area (Å²) < 4.78 is 31.1. The lowest BCUT2D eigenvalue weighted by Gasteiger charge is -2.18. The molecule has 8 heteroatoms. The van der Waals surface area contributed by atoms with Crippen molar-refractivity contribution in [2.75, 3.05) is 10.6 Å². The van der Waals surface area contributed by atoms with E-state index >= 15 is 0 Å². The van der Waals surface area contributed by atoms with E-state index < -0.39 is 26.8 Å². The molecule has 0 aliphatic rings. The molecule has 7 nitrogen and oxygen atoms in total. The molecule has 0 atom stereocenters. The van der Waals surface area contributed by atoms with Crippen molar-refractivity contribution in [2.45, 2.75) is 18.7 Å². The number of benzene rings is 1. The summed E-state index contributed by atoms with van der Waals surface area (Å²) in [5.74, 6) is -1.15. The Morgan fingerprint density at radius 2 is 1.72 bits per heavy atom. The third kappa shape index (κ3) is 2.84. The molecule has 0 aliphatic carbocycles. The second-order valence-corrected chi connectivity index (χ2v) is 4.96. The minimum absolute atomic E-state index is 0.0248. The Morgan fingerprint density at radius 3 is 2.11 bits per heavy atom. The minimum atomic E-state index is -4.52. The van der Waals surface area contributed by atoms with Gasteiger partial charge < -0.3 is 5.73 Å². The molecule has 0 unspecified atom stereocenters. The Morgan fingerprint density at radius 1 is 1.22 bits per heavy atom. The number of anilines is 2. The predicted octanol–water partition coefficient (Wildman–Crippen LogP) is 0.415. The van der Waals surface area contributed by atoms with Crippen molar-refractivity contribution in [3.05, 3.63) is 18.2 Å². The van der Waals surface area contributed by atoms with Gasteiger partial charge in [0.1, 0.15) is 4.90 Å². The molecule has 0 aromatic heterocycles. The summed E-state index contributed by atoms with van der Waals surface area (Å²) in [7, 11) is -4.52. The third-order valence-electron chi connectivity index (χ3n) is 2.16. The van der Waals surface area contributed by atoms with Gasteiger partial charge in [-0.05, 0) is 18.2 Å². The molecule has 0 bridgehead atoms. The molecule has 3 N–H and O–H groups in total. The Hall–Kier alpha value is -1.93. The van der Waals surface area contributed by atoms with Crippen molar-refractivity contribution in [3.63, 3.8) is 0 Å². The monoisotopic (exact) mass is 272 g/mol. The van der Waals surface area contributed by atoms with Gasteiger partial charge in [-0.15, -0.1) is 0 Å². The quantitative estimate of drug-likeness (QED) is 0.595. The second-order valence-electron chi connectivity index (χ2n) is 3.57. The molecule has 0 heterocycles. The molecule has 0 fully saturated rings. The van der Waals surface area contributed by atoms with Gasteiger partial charge in [-0.25, -0.2) is 0 Å².